The molecule has 0 atom stereocenters. The topological polar surface area (TPSA) is 66.9 Å². The van der Waals surface area contributed by atoms with Crippen molar-refractivity contribution in [3.63, 3.8) is 0 Å². The first kappa shape index (κ1) is 19.3. The molecule has 2 aromatic carbocycles. The average Bonchev–Trinajstić information content (AvgIpc) is 3.01. The summed E-state index contributed by atoms with van der Waals surface area (Å²) in [5, 5.41) is 3.44. The SMILES string of the molecule is Cc1ccc(NC(=O)c2sc3[nH]c(=S)n(-c4ccccc4)c(=O)c3c2C)c(C)c1. The van der Waals surface area contributed by atoms with Crippen molar-refractivity contribution in [2.45, 2.75) is 20.8 Å². The number of carbonyl (C=O) groups excluding carboxylic acids is 1. The second kappa shape index (κ2) is 7.42. The van der Waals surface area contributed by atoms with Crippen molar-refractivity contribution in [2.75, 3.05) is 5.32 Å². The zero-order valence-electron chi connectivity index (χ0n) is 16.2. The van der Waals surface area contributed by atoms with Crippen LogP contribution in [0.3, 0.4) is 0 Å². The van der Waals surface area contributed by atoms with Gasteiger partial charge in [0.1, 0.15) is 4.83 Å². The van der Waals surface area contributed by atoms with Crippen LogP contribution in [0, 0.1) is 25.5 Å². The number of aryl methyl sites for hydroxylation is 3. The lowest BCUT2D eigenvalue weighted by Gasteiger charge is -2.08. The van der Waals surface area contributed by atoms with Crippen LogP contribution < -0.4 is 10.9 Å². The maximum atomic E-state index is 13.2. The molecule has 7 heteroatoms. The predicted octanol–water partition coefficient (Wildman–Crippen LogP) is 5.29. The summed E-state index contributed by atoms with van der Waals surface area (Å²) in [6.45, 7) is 5.76. The van der Waals surface area contributed by atoms with Crippen LogP contribution in [0.25, 0.3) is 15.9 Å². The molecule has 1 amide bonds. The number of hydrogen-bond acceptors (Lipinski definition) is 4. The summed E-state index contributed by atoms with van der Waals surface area (Å²) in [6, 6.07) is 15.1. The van der Waals surface area contributed by atoms with Crippen molar-refractivity contribution in [3.05, 3.63) is 85.2 Å². The Hall–Kier alpha value is -3.03. The average molecular weight is 422 g/mol. The van der Waals surface area contributed by atoms with E-state index in [2.05, 4.69) is 10.3 Å². The van der Waals surface area contributed by atoms with Crippen molar-refractivity contribution in [2.24, 2.45) is 0 Å². The summed E-state index contributed by atoms with van der Waals surface area (Å²) in [4.78, 5) is 30.4. The molecular weight excluding hydrogens is 402 g/mol. The highest BCUT2D eigenvalue weighted by atomic mass is 32.1. The van der Waals surface area contributed by atoms with Crippen LogP contribution in [-0.2, 0) is 0 Å². The fourth-order valence-electron chi connectivity index (χ4n) is 3.38. The standard InChI is InChI=1S/C22H19N3O2S2/c1-12-9-10-16(13(2)11-12)23-19(26)18-14(3)17-20(29-18)24-22(28)25(21(17)27)15-7-5-4-6-8-15/h4-11H,1-3H3,(H,23,26)(H,24,28). The monoisotopic (exact) mass is 421 g/mol. The van der Waals surface area contributed by atoms with Gasteiger partial charge in [-0.3, -0.25) is 14.2 Å². The van der Waals surface area contributed by atoms with E-state index in [9.17, 15) is 9.59 Å². The molecule has 146 valence electrons. The van der Waals surface area contributed by atoms with Gasteiger partial charge in [0.2, 0.25) is 0 Å². The highest BCUT2D eigenvalue weighted by molar-refractivity contribution is 7.71. The van der Waals surface area contributed by atoms with E-state index in [0.29, 0.717) is 31.1 Å². The number of anilines is 1. The number of fused-ring (bicyclic) bond motifs is 1. The second-order valence-electron chi connectivity index (χ2n) is 6.94. The van der Waals surface area contributed by atoms with E-state index in [1.807, 2.05) is 62.4 Å². The summed E-state index contributed by atoms with van der Waals surface area (Å²) in [7, 11) is 0. The summed E-state index contributed by atoms with van der Waals surface area (Å²) < 4.78 is 1.76. The third-order valence-electron chi connectivity index (χ3n) is 4.84. The highest BCUT2D eigenvalue weighted by Gasteiger charge is 2.20. The van der Waals surface area contributed by atoms with E-state index in [1.165, 1.54) is 15.9 Å². The van der Waals surface area contributed by atoms with Gasteiger partial charge in [-0.25, -0.2) is 0 Å². The van der Waals surface area contributed by atoms with Crippen LogP contribution in [0.15, 0.2) is 53.3 Å². The summed E-state index contributed by atoms with van der Waals surface area (Å²) >= 11 is 6.66. The maximum absolute atomic E-state index is 13.2. The Bertz CT molecular complexity index is 1360. The number of H-pyrrole nitrogens is 1. The normalized spacial score (nSPS) is 11.0. The van der Waals surface area contributed by atoms with Crippen LogP contribution in [0.1, 0.15) is 26.4 Å². The Morgan fingerprint density at radius 2 is 1.83 bits per heavy atom. The van der Waals surface area contributed by atoms with Crippen LogP contribution in [-0.4, -0.2) is 15.5 Å². The minimum Gasteiger partial charge on any atom is -0.323 e. The molecule has 0 aliphatic rings. The lowest BCUT2D eigenvalue weighted by Crippen LogP contribution is -2.20. The number of thiophene rings is 1. The molecular formula is C22H19N3O2S2. The van der Waals surface area contributed by atoms with Crippen LogP contribution in [0.4, 0.5) is 5.69 Å². The molecule has 0 spiro atoms. The van der Waals surface area contributed by atoms with Gasteiger partial charge in [0, 0.05) is 5.69 Å². The van der Waals surface area contributed by atoms with E-state index in [4.69, 9.17) is 12.2 Å². The van der Waals surface area contributed by atoms with Gasteiger partial charge in [0.25, 0.3) is 11.5 Å². The second-order valence-corrected chi connectivity index (χ2v) is 8.35. The Labute approximate surface area is 176 Å². The number of benzene rings is 2. The molecule has 0 aliphatic heterocycles. The predicted molar refractivity (Wildman–Crippen MR) is 121 cm³/mol. The smallest absolute Gasteiger partial charge is 0.267 e. The molecule has 2 N–H and O–H groups in total. The number of nitrogens with one attached hydrogen (secondary N) is 2. The molecule has 0 saturated carbocycles. The minimum atomic E-state index is -0.236. The van der Waals surface area contributed by atoms with Crippen molar-refractivity contribution in [3.8, 4) is 5.69 Å². The van der Waals surface area contributed by atoms with Crippen molar-refractivity contribution in [1.82, 2.24) is 9.55 Å². The third kappa shape index (κ3) is 3.43. The molecule has 2 heterocycles. The molecule has 5 nitrogen and oxygen atoms in total. The number of aromatic nitrogens is 2. The first-order valence-corrected chi connectivity index (χ1v) is 10.3. The van der Waals surface area contributed by atoms with Crippen LogP contribution >= 0.6 is 23.6 Å². The van der Waals surface area contributed by atoms with Gasteiger partial charge in [-0.1, -0.05) is 35.9 Å². The number of nitrogens with zero attached hydrogens (tertiary/aromatic N) is 1. The molecule has 0 bridgehead atoms. The first-order valence-electron chi connectivity index (χ1n) is 9.09. The zero-order valence-corrected chi connectivity index (χ0v) is 17.8. The van der Waals surface area contributed by atoms with Gasteiger partial charge in [-0.05, 0) is 62.3 Å². The summed E-state index contributed by atoms with van der Waals surface area (Å²) in [6.07, 6.45) is 0. The van der Waals surface area contributed by atoms with E-state index in [0.717, 1.165) is 16.8 Å². The lowest BCUT2D eigenvalue weighted by atomic mass is 10.1. The third-order valence-corrected chi connectivity index (χ3v) is 6.33. The van der Waals surface area contributed by atoms with Gasteiger partial charge < -0.3 is 10.3 Å². The number of amides is 1. The molecule has 0 fully saturated rings. The van der Waals surface area contributed by atoms with Gasteiger partial charge in [-0.15, -0.1) is 11.3 Å². The zero-order chi connectivity index (χ0) is 20.7. The molecule has 0 unspecified atom stereocenters. The fraction of sp³-hybridized carbons (Fsp3) is 0.136. The number of carbonyl (C=O) groups is 1. The highest BCUT2D eigenvalue weighted by Crippen LogP contribution is 2.29. The largest absolute Gasteiger partial charge is 0.323 e. The molecule has 0 aliphatic carbocycles. The molecule has 29 heavy (non-hydrogen) atoms. The van der Waals surface area contributed by atoms with E-state index in [-0.39, 0.29) is 11.5 Å². The number of hydrogen-bond donors (Lipinski definition) is 2. The van der Waals surface area contributed by atoms with Crippen molar-refractivity contribution >= 4 is 45.4 Å². The Balaban J connectivity index is 1.82. The maximum Gasteiger partial charge on any atom is 0.267 e. The lowest BCUT2D eigenvalue weighted by molar-refractivity contribution is 0.103. The van der Waals surface area contributed by atoms with E-state index >= 15 is 0 Å². The van der Waals surface area contributed by atoms with Crippen molar-refractivity contribution in [1.29, 1.82) is 0 Å². The first-order chi connectivity index (χ1) is 13.9. The number of para-hydroxylation sites is 1. The van der Waals surface area contributed by atoms with Crippen molar-refractivity contribution < 1.29 is 4.79 Å². The van der Waals surface area contributed by atoms with E-state index < -0.39 is 0 Å². The Kier molecular flexibility index (Phi) is 4.94. The molecule has 0 saturated heterocycles. The van der Waals surface area contributed by atoms with Crippen LogP contribution in [0.2, 0.25) is 0 Å². The summed E-state index contributed by atoms with van der Waals surface area (Å²) in [5.74, 6) is -0.236. The summed E-state index contributed by atoms with van der Waals surface area (Å²) in [5.41, 5.74) is 3.98. The fourth-order valence-corrected chi connectivity index (χ4v) is 4.83. The number of rotatable bonds is 3. The minimum absolute atomic E-state index is 0.228. The van der Waals surface area contributed by atoms with E-state index in [1.54, 1.807) is 6.92 Å². The number of aromatic amines is 1. The Morgan fingerprint density at radius 3 is 2.52 bits per heavy atom. The Morgan fingerprint density at radius 1 is 1.10 bits per heavy atom. The quantitative estimate of drug-likeness (QED) is 0.442. The molecule has 4 rings (SSSR count). The van der Waals surface area contributed by atoms with Gasteiger partial charge in [-0.2, -0.15) is 0 Å². The molecule has 2 aromatic heterocycles. The molecule has 4 aromatic rings. The van der Waals surface area contributed by atoms with Gasteiger partial charge >= 0.3 is 0 Å². The van der Waals surface area contributed by atoms with Gasteiger partial charge in [0.15, 0.2) is 4.77 Å². The molecule has 0 radical (unpaired) electrons. The van der Waals surface area contributed by atoms with Crippen LogP contribution in [0.5, 0.6) is 0 Å². The van der Waals surface area contributed by atoms with Gasteiger partial charge in [0.05, 0.1) is 16.0 Å².